The lowest BCUT2D eigenvalue weighted by molar-refractivity contribution is -0.0371. The van der Waals surface area contributed by atoms with Crippen LogP contribution in [0.25, 0.3) is 11.0 Å². The van der Waals surface area contributed by atoms with Gasteiger partial charge in [-0.05, 0) is 37.8 Å². The second kappa shape index (κ2) is 6.31. The van der Waals surface area contributed by atoms with E-state index in [2.05, 4.69) is 22.9 Å². The van der Waals surface area contributed by atoms with E-state index >= 15 is 0 Å². The van der Waals surface area contributed by atoms with Gasteiger partial charge in [-0.3, -0.25) is 4.79 Å². The van der Waals surface area contributed by atoms with Crippen LogP contribution in [0.3, 0.4) is 0 Å². The summed E-state index contributed by atoms with van der Waals surface area (Å²) in [6.07, 6.45) is 13.6. The second-order valence-electron chi connectivity index (χ2n) is 4.65. The molecule has 0 spiro atoms. The van der Waals surface area contributed by atoms with E-state index in [0.717, 1.165) is 48.8 Å². The summed E-state index contributed by atoms with van der Waals surface area (Å²) in [4.78, 5) is 15.5. The number of aldehydes is 1. The molecule has 5 heteroatoms. The normalized spacial score (nSPS) is 18.2. The molecule has 0 aromatic carbocycles. The zero-order valence-electron chi connectivity index (χ0n) is 11.5. The number of fused-ring (bicyclic) bond motifs is 1. The Balaban J connectivity index is 0.000000704. The van der Waals surface area contributed by atoms with Gasteiger partial charge in [0.2, 0.25) is 0 Å². The Morgan fingerprint density at radius 3 is 2.90 bits per heavy atom. The number of terminal acetylenes is 1. The van der Waals surface area contributed by atoms with Gasteiger partial charge in [0.1, 0.15) is 5.69 Å². The first kappa shape index (κ1) is 14.2. The maximum Gasteiger partial charge on any atom is 0.171 e. The van der Waals surface area contributed by atoms with Gasteiger partial charge in [0.15, 0.2) is 18.2 Å². The molecule has 1 fully saturated rings. The first-order valence-electron chi connectivity index (χ1n) is 6.54. The van der Waals surface area contributed by atoms with Crippen molar-refractivity contribution in [1.29, 1.82) is 0 Å². The molecule has 104 valence electrons. The van der Waals surface area contributed by atoms with Crippen LogP contribution in [0.5, 0.6) is 0 Å². The summed E-state index contributed by atoms with van der Waals surface area (Å²) in [5, 5.41) is 5.14. The molecule has 0 radical (unpaired) electrons. The Bertz CT molecular complexity index is 625. The van der Waals surface area contributed by atoms with Crippen LogP contribution in [-0.2, 0) is 4.74 Å². The Hall–Kier alpha value is -2.19. The summed E-state index contributed by atoms with van der Waals surface area (Å²) >= 11 is 0. The number of hydrogen-bond acceptors (Lipinski definition) is 4. The van der Waals surface area contributed by atoms with E-state index in [0.29, 0.717) is 5.69 Å². The third kappa shape index (κ3) is 2.56. The van der Waals surface area contributed by atoms with Crippen LogP contribution in [0.1, 0.15) is 41.5 Å². The number of ether oxygens (including phenoxy) is 1. The summed E-state index contributed by atoms with van der Waals surface area (Å²) in [7, 11) is 0. The van der Waals surface area contributed by atoms with E-state index in [4.69, 9.17) is 4.74 Å². The van der Waals surface area contributed by atoms with Gasteiger partial charge < -0.3 is 4.74 Å². The molecule has 20 heavy (non-hydrogen) atoms. The van der Waals surface area contributed by atoms with Crippen molar-refractivity contribution in [3.8, 4) is 12.8 Å². The summed E-state index contributed by atoms with van der Waals surface area (Å²) in [5.41, 5.74) is 2.19. The first-order valence-corrected chi connectivity index (χ1v) is 6.54. The standard InChI is InChI=1S/C13H15N3O2.C2H2/c1-9-6-10-11(8-17)15-16(13(10)14-7-9)12-4-2-3-5-18-12;1-2/h6-8,12H,2-5H2,1H3;1-2H. The molecule has 0 aliphatic carbocycles. The van der Waals surface area contributed by atoms with Gasteiger partial charge in [-0.25, -0.2) is 9.67 Å². The molecule has 3 rings (SSSR count). The van der Waals surface area contributed by atoms with Crippen LogP contribution in [0, 0.1) is 19.8 Å². The maximum atomic E-state index is 11.1. The van der Waals surface area contributed by atoms with Crippen LogP contribution < -0.4 is 0 Å². The third-order valence-corrected chi connectivity index (χ3v) is 3.25. The fourth-order valence-electron chi connectivity index (χ4n) is 2.35. The Labute approximate surface area is 117 Å². The molecule has 1 aliphatic heterocycles. The van der Waals surface area contributed by atoms with Crippen molar-refractivity contribution < 1.29 is 9.53 Å². The van der Waals surface area contributed by atoms with Crippen molar-refractivity contribution in [2.75, 3.05) is 6.61 Å². The number of hydrogen-bond donors (Lipinski definition) is 0. The zero-order chi connectivity index (χ0) is 14.5. The van der Waals surface area contributed by atoms with Crippen molar-refractivity contribution in [3.63, 3.8) is 0 Å². The number of carbonyl (C=O) groups is 1. The molecule has 2 aromatic rings. The van der Waals surface area contributed by atoms with E-state index in [1.54, 1.807) is 10.9 Å². The predicted molar refractivity (Wildman–Crippen MR) is 76.4 cm³/mol. The summed E-state index contributed by atoms with van der Waals surface area (Å²) in [5.74, 6) is 0. The average molecular weight is 271 g/mol. The van der Waals surface area contributed by atoms with Crippen LogP contribution in [0.15, 0.2) is 12.3 Å². The van der Waals surface area contributed by atoms with Crippen LogP contribution in [-0.4, -0.2) is 27.7 Å². The number of carbonyl (C=O) groups excluding carboxylic acids is 1. The minimum absolute atomic E-state index is 0.0924. The molecule has 0 N–H and O–H groups in total. The number of nitrogens with zero attached hydrogens (tertiary/aromatic N) is 3. The predicted octanol–water partition coefficient (Wildman–Crippen LogP) is 2.50. The number of aromatic nitrogens is 3. The van der Waals surface area contributed by atoms with E-state index in [-0.39, 0.29) is 6.23 Å². The second-order valence-corrected chi connectivity index (χ2v) is 4.65. The summed E-state index contributed by atoms with van der Waals surface area (Å²) in [6.45, 7) is 2.70. The van der Waals surface area contributed by atoms with E-state index < -0.39 is 0 Å². The molecule has 3 heterocycles. The molecule has 0 saturated carbocycles. The molecular weight excluding hydrogens is 254 g/mol. The minimum Gasteiger partial charge on any atom is -0.356 e. The van der Waals surface area contributed by atoms with Crippen LogP contribution >= 0.6 is 0 Å². The molecule has 1 saturated heterocycles. The lowest BCUT2D eigenvalue weighted by Gasteiger charge is -2.22. The molecule has 2 aromatic heterocycles. The van der Waals surface area contributed by atoms with E-state index in [1.807, 2.05) is 13.0 Å². The van der Waals surface area contributed by atoms with Gasteiger partial charge >= 0.3 is 0 Å². The fraction of sp³-hybridized carbons (Fsp3) is 0.400. The lowest BCUT2D eigenvalue weighted by atomic mass is 10.2. The van der Waals surface area contributed by atoms with Gasteiger partial charge in [-0.2, -0.15) is 5.10 Å². The van der Waals surface area contributed by atoms with Gasteiger partial charge in [-0.15, -0.1) is 12.8 Å². The molecule has 0 amide bonds. The zero-order valence-corrected chi connectivity index (χ0v) is 11.5. The fourth-order valence-corrected chi connectivity index (χ4v) is 2.35. The van der Waals surface area contributed by atoms with Gasteiger partial charge in [-0.1, -0.05) is 0 Å². The van der Waals surface area contributed by atoms with Crippen molar-refractivity contribution in [2.24, 2.45) is 0 Å². The quantitative estimate of drug-likeness (QED) is 0.622. The highest BCUT2D eigenvalue weighted by atomic mass is 16.5. The smallest absolute Gasteiger partial charge is 0.171 e. The molecule has 1 atom stereocenters. The summed E-state index contributed by atoms with van der Waals surface area (Å²) in [6, 6.07) is 1.94. The van der Waals surface area contributed by atoms with Gasteiger partial charge in [0, 0.05) is 12.8 Å². The molecule has 5 nitrogen and oxygen atoms in total. The maximum absolute atomic E-state index is 11.1. The van der Waals surface area contributed by atoms with Crippen LogP contribution in [0.4, 0.5) is 0 Å². The van der Waals surface area contributed by atoms with E-state index in [1.165, 1.54) is 0 Å². The molecule has 1 unspecified atom stereocenters. The Kier molecular flexibility index (Phi) is 4.49. The number of aryl methyl sites for hydroxylation is 1. The molecular formula is C15H17N3O2. The number of rotatable bonds is 2. The minimum atomic E-state index is -0.0924. The number of pyridine rings is 1. The molecule has 1 aliphatic rings. The van der Waals surface area contributed by atoms with Crippen molar-refractivity contribution in [2.45, 2.75) is 32.4 Å². The summed E-state index contributed by atoms with van der Waals surface area (Å²) < 4.78 is 7.45. The monoisotopic (exact) mass is 271 g/mol. The van der Waals surface area contributed by atoms with Crippen LogP contribution in [0.2, 0.25) is 0 Å². The average Bonchev–Trinajstić information content (AvgIpc) is 2.88. The highest BCUT2D eigenvalue weighted by Crippen LogP contribution is 2.26. The van der Waals surface area contributed by atoms with Crippen molar-refractivity contribution >= 4 is 17.3 Å². The first-order chi connectivity index (χ1) is 9.79. The Morgan fingerprint density at radius 2 is 2.25 bits per heavy atom. The van der Waals surface area contributed by atoms with Gasteiger partial charge in [0.25, 0.3) is 0 Å². The van der Waals surface area contributed by atoms with E-state index in [9.17, 15) is 4.79 Å². The largest absolute Gasteiger partial charge is 0.356 e. The van der Waals surface area contributed by atoms with Crippen molar-refractivity contribution in [3.05, 3.63) is 23.5 Å². The third-order valence-electron chi connectivity index (χ3n) is 3.25. The Morgan fingerprint density at radius 1 is 1.45 bits per heavy atom. The highest BCUT2D eigenvalue weighted by Gasteiger charge is 2.21. The highest BCUT2D eigenvalue weighted by molar-refractivity contribution is 5.93. The molecule has 0 bridgehead atoms. The SMILES string of the molecule is C#C.Cc1cnc2c(c1)c(C=O)nn2C1CCCCO1. The van der Waals surface area contributed by atoms with Crippen molar-refractivity contribution in [1.82, 2.24) is 14.8 Å². The lowest BCUT2D eigenvalue weighted by Crippen LogP contribution is -2.19. The van der Waals surface area contributed by atoms with Gasteiger partial charge in [0.05, 0.1) is 5.39 Å². The topological polar surface area (TPSA) is 57.0 Å².